The number of imidazole rings is 1. The van der Waals surface area contributed by atoms with Crippen LogP contribution in [0.2, 0.25) is 0 Å². The number of hydrogen-bond donors (Lipinski definition) is 2. The summed E-state index contributed by atoms with van der Waals surface area (Å²) in [6.45, 7) is 4.66. The highest BCUT2D eigenvalue weighted by atomic mass is 32.1. The lowest BCUT2D eigenvalue weighted by Crippen LogP contribution is -2.44. The lowest BCUT2D eigenvalue weighted by molar-refractivity contribution is -0.0617. The molecule has 1 saturated heterocycles. The van der Waals surface area contributed by atoms with Gasteiger partial charge in [-0.05, 0) is 6.92 Å². The first kappa shape index (κ1) is 13.1. The Hall–Kier alpha value is -0.950. The van der Waals surface area contributed by atoms with E-state index in [0.717, 1.165) is 17.2 Å². The quantitative estimate of drug-likeness (QED) is 0.888. The number of ether oxygens (including phenoxy) is 1. The predicted octanol–water partition coefficient (Wildman–Crippen LogP) is 1.34. The van der Waals surface area contributed by atoms with Gasteiger partial charge in [0.1, 0.15) is 0 Å². The molecule has 0 bridgehead atoms. The number of fused-ring (bicyclic) bond motifs is 1. The Balaban J connectivity index is 1.63. The zero-order chi connectivity index (χ0) is 13.3. The Morgan fingerprint density at radius 1 is 1.53 bits per heavy atom. The third-order valence-electron chi connectivity index (χ3n) is 3.73. The summed E-state index contributed by atoms with van der Waals surface area (Å²) in [4.78, 5) is 5.54. The average molecular weight is 281 g/mol. The van der Waals surface area contributed by atoms with Gasteiger partial charge in [-0.2, -0.15) is 0 Å². The maximum atomic E-state index is 10.4. The summed E-state index contributed by atoms with van der Waals surface area (Å²) in [5.74, 6) is 0. The van der Waals surface area contributed by atoms with Gasteiger partial charge in [0.25, 0.3) is 0 Å². The van der Waals surface area contributed by atoms with Crippen LogP contribution in [0.3, 0.4) is 0 Å². The van der Waals surface area contributed by atoms with Gasteiger partial charge >= 0.3 is 0 Å². The van der Waals surface area contributed by atoms with E-state index in [1.807, 2.05) is 18.5 Å². The first-order valence-corrected chi connectivity index (χ1v) is 7.48. The molecule has 3 heterocycles. The molecule has 1 fully saturated rings. The molecule has 0 amide bonds. The normalized spacial score (nSPS) is 19.1. The molecule has 19 heavy (non-hydrogen) atoms. The van der Waals surface area contributed by atoms with Crippen LogP contribution in [0.5, 0.6) is 0 Å². The summed E-state index contributed by atoms with van der Waals surface area (Å²) < 4.78 is 7.40. The zero-order valence-electron chi connectivity index (χ0n) is 11.1. The van der Waals surface area contributed by atoms with Gasteiger partial charge in [0, 0.05) is 50.7 Å². The first-order valence-electron chi connectivity index (χ1n) is 6.60. The van der Waals surface area contributed by atoms with E-state index in [0.29, 0.717) is 32.6 Å². The minimum Gasteiger partial charge on any atom is -0.388 e. The predicted molar refractivity (Wildman–Crippen MR) is 74.5 cm³/mol. The Labute approximate surface area is 116 Å². The van der Waals surface area contributed by atoms with Crippen LogP contribution >= 0.6 is 11.3 Å². The summed E-state index contributed by atoms with van der Waals surface area (Å²) in [7, 11) is 0. The molecule has 2 aromatic rings. The smallest absolute Gasteiger partial charge is 0.194 e. The van der Waals surface area contributed by atoms with Gasteiger partial charge in [-0.1, -0.05) is 0 Å². The SMILES string of the molecule is Cc1nc2sccn2c1CNCC1(O)CCOCC1. The highest BCUT2D eigenvalue weighted by Crippen LogP contribution is 2.20. The second-order valence-electron chi connectivity index (χ2n) is 5.14. The summed E-state index contributed by atoms with van der Waals surface area (Å²) in [5, 5.41) is 15.8. The standard InChI is InChI=1S/C13H19N3O2S/c1-10-11(16-4-7-19-12(16)15-10)8-14-9-13(17)2-5-18-6-3-13/h4,7,14,17H,2-3,5-6,8-9H2,1H3. The van der Waals surface area contributed by atoms with E-state index in [1.165, 1.54) is 5.69 Å². The van der Waals surface area contributed by atoms with E-state index in [1.54, 1.807) is 11.3 Å². The van der Waals surface area contributed by atoms with Crippen molar-refractivity contribution in [1.82, 2.24) is 14.7 Å². The molecule has 104 valence electrons. The number of nitrogens with one attached hydrogen (secondary N) is 1. The second-order valence-corrected chi connectivity index (χ2v) is 6.01. The third kappa shape index (κ3) is 2.67. The van der Waals surface area contributed by atoms with Gasteiger partial charge in [-0.3, -0.25) is 4.40 Å². The van der Waals surface area contributed by atoms with Crippen molar-refractivity contribution in [3.63, 3.8) is 0 Å². The van der Waals surface area contributed by atoms with Gasteiger partial charge < -0.3 is 15.2 Å². The Morgan fingerprint density at radius 2 is 2.32 bits per heavy atom. The molecule has 0 saturated carbocycles. The second kappa shape index (κ2) is 5.20. The lowest BCUT2D eigenvalue weighted by Gasteiger charge is -2.32. The Bertz CT molecular complexity index is 557. The molecule has 0 atom stereocenters. The summed E-state index contributed by atoms with van der Waals surface area (Å²) in [6.07, 6.45) is 3.46. The van der Waals surface area contributed by atoms with Crippen LogP contribution in [0.1, 0.15) is 24.2 Å². The van der Waals surface area contributed by atoms with Crippen LogP contribution in [-0.4, -0.2) is 39.9 Å². The molecule has 0 aromatic carbocycles. The molecule has 3 rings (SSSR count). The van der Waals surface area contributed by atoms with Crippen LogP contribution < -0.4 is 5.32 Å². The van der Waals surface area contributed by atoms with Crippen molar-refractivity contribution in [2.75, 3.05) is 19.8 Å². The van der Waals surface area contributed by atoms with Crippen molar-refractivity contribution in [1.29, 1.82) is 0 Å². The van der Waals surface area contributed by atoms with Gasteiger partial charge in [0.05, 0.1) is 17.0 Å². The molecule has 0 unspecified atom stereocenters. The number of aromatic nitrogens is 2. The minimum absolute atomic E-state index is 0.604. The molecule has 1 aliphatic heterocycles. The average Bonchev–Trinajstić information content (AvgIpc) is 2.93. The van der Waals surface area contributed by atoms with E-state index >= 15 is 0 Å². The van der Waals surface area contributed by atoms with E-state index in [2.05, 4.69) is 14.7 Å². The fourth-order valence-electron chi connectivity index (χ4n) is 2.50. The van der Waals surface area contributed by atoms with Crippen molar-refractivity contribution < 1.29 is 9.84 Å². The van der Waals surface area contributed by atoms with Crippen molar-refractivity contribution in [3.05, 3.63) is 23.0 Å². The van der Waals surface area contributed by atoms with Gasteiger partial charge in [0.15, 0.2) is 4.96 Å². The van der Waals surface area contributed by atoms with E-state index in [-0.39, 0.29) is 0 Å². The van der Waals surface area contributed by atoms with Crippen molar-refractivity contribution in [2.24, 2.45) is 0 Å². The number of hydrogen-bond acceptors (Lipinski definition) is 5. The fourth-order valence-corrected chi connectivity index (χ4v) is 3.27. The van der Waals surface area contributed by atoms with Crippen molar-refractivity contribution in [2.45, 2.75) is 31.9 Å². The highest BCUT2D eigenvalue weighted by Gasteiger charge is 2.29. The van der Waals surface area contributed by atoms with Crippen LogP contribution in [0.25, 0.3) is 4.96 Å². The molecular weight excluding hydrogens is 262 g/mol. The summed E-state index contributed by atoms with van der Waals surface area (Å²) in [6, 6.07) is 0. The van der Waals surface area contributed by atoms with Crippen LogP contribution in [0.4, 0.5) is 0 Å². The summed E-state index contributed by atoms with van der Waals surface area (Å²) >= 11 is 1.64. The third-order valence-corrected chi connectivity index (χ3v) is 4.49. The van der Waals surface area contributed by atoms with Gasteiger partial charge in [-0.15, -0.1) is 11.3 Å². The fraction of sp³-hybridized carbons (Fsp3) is 0.615. The Kier molecular flexibility index (Phi) is 3.58. The molecular formula is C13H19N3O2S. The first-order chi connectivity index (χ1) is 9.18. The number of thiazole rings is 1. The van der Waals surface area contributed by atoms with Crippen LogP contribution in [0.15, 0.2) is 11.6 Å². The minimum atomic E-state index is -0.620. The van der Waals surface area contributed by atoms with E-state index < -0.39 is 5.60 Å². The summed E-state index contributed by atoms with van der Waals surface area (Å²) in [5.41, 5.74) is 1.61. The maximum Gasteiger partial charge on any atom is 0.194 e. The number of aliphatic hydroxyl groups is 1. The highest BCUT2D eigenvalue weighted by molar-refractivity contribution is 7.15. The topological polar surface area (TPSA) is 58.8 Å². The van der Waals surface area contributed by atoms with Gasteiger partial charge in [0.2, 0.25) is 0 Å². The number of nitrogens with zero attached hydrogens (tertiary/aromatic N) is 2. The number of aryl methyl sites for hydroxylation is 1. The Morgan fingerprint density at radius 3 is 3.11 bits per heavy atom. The maximum absolute atomic E-state index is 10.4. The molecule has 0 radical (unpaired) electrons. The number of rotatable bonds is 4. The monoisotopic (exact) mass is 281 g/mol. The lowest BCUT2D eigenvalue weighted by atomic mass is 9.94. The molecule has 1 aliphatic rings. The molecule has 2 aromatic heterocycles. The van der Waals surface area contributed by atoms with Gasteiger partial charge in [-0.25, -0.2) is 4.98 Å². The molecule has 5 nitrogen and oxygen atoms in total. The molecule has 6 heteroatoms. The van der Waals surface area contributed by atoms with Crippen molar-refractivity contribution >= 4 is 16.3 Å². The van der Waals surface area contributed by atoms with E-state index in [4.69, 9.17) is 4.74 Å². The van der Waals surface area contributed by atoms with Crippen LogP contribution in [0, 0.1) is 6.92 Å². The zero-order valence-corrected chi connectivity index (χ0v) is 11.9. The molecule has 0 aliphatic carbocycles. The van der Waals surface area contributed by atoms with E-state index in [9.17, 15) is 5.11 Å². The van der Waals surface area contributed by atoms with Crippen molar-refractivity contribution in [3.8, 4) is 0 Å². The molecule has 0 spiro atoms. The molecule has 2 N–H and O–H groups in total. The van der Waals surface area contributed by atoms with Crippen LogP contribution in [-0.2, 0) is 11.3 Å². The largest absolute Gasteiger partial charge is 0.388 e.